The topological polar surface area (TPSA) is 85.9 Å². The van der Waals surface area contributed by atoms with E-state index in [2.05, 4.69) is 15.5 Å². The van der Waals surface area contributed by atoms with Gasteiger partial charge in [-0.2, -0.15) is 0 Å². The molecule has 0 saturated heterocycles. The van der Waals surface area contributed by atoms with E-state index >= 15 is 0 Å². The first kappa shape index (κ1) is 14.1. The zero-order valence-corrected chi connectivity index (χ0v) is 11.5. The van der Waals surface area contributed by atoms with Crippen molar-refractivity contribution in [2.24, 2.45) is 0 Å². The molecule has 20 heavy (non-hydrogen) atoms. The number of aryl methyl sites for hydroxylation is 1. The standard InChI is InChI=1S/C13H17N5O2/c1-3-17-9-15-16-13(17)8-14-10(2)11-5-4-6-12(7-11)18(19)20/h4-7,9-10,14H,3,8H2,1-2H3. The third kappa shape index (κ3) is 3.18. The number of benzene rings is 1. The molecule has 2 rings (SSSR count). The lowest BCUT2D eigenvalue weighted by Crippen LogP contribution is -2.20. The fourth-order valence-corrected chi connectivity index (χ4v) is 1.95. The highest BCUT2D eigenvalue weighted by Gasteiger charge is 2.11. The highest BCUT2D eigenvalue weighted by Crippen LogP contribution is 2.19. The van der Waals surface area contributed by atoms with E-state index in [1.165, 1.54) is 6.07 Å². The number of nitrogens with one attached hydrogen (secondary N) is 1. The molecule has 0 spiro atoms. The van der Waals surface area contributed by atoms with Gasteiger partial charge in [0.25, 0.3) is 5.69 Å². The van der Waals surface area contributed by atoms with Crippen LogP contribution in [0.4, 0.5) is 5.69 Å². The van der Waals surface area contributed by atoms with Crippen LogP contribution in [0.5, 0.6) is 0 Å². The molecular formula is C13H17N5O2. The molecule has 0 aliphatic heterocycles. The number of nitro groups is 1. The summed E-state index contributed by atoms with van der Waals surface area (Å²) in [5, 5.41) is 22.0. The Hall–Kier alpha value is -2.28. The number of hydrogen-bond donors (Lipinski definition) is 1. The van der Waals surface area contributed by atoms with Gasteiger partial charge in [0.1, 0.15) is 12.2 Å². The van der Waals surface area contributed by atoms with Gasteiger partial charge >= 0.3 is 0 Å². The molecule has 0 aliphatic rings. The van der Waals surface area contributed by atoms with Crippen LogP contribution < -0.4 is 5.32 Å². The zero-order chi connectivity index (χ0) is 14.5. The predicted octanol–water partition coefficient (Wildman–Crippen LogP) is 2.06. The van der Waals surface area contributed by atoms with Gasteiger partial charge in [0.15, 0.2) is 0 Å². The number of rotatable bonds is 6. The average molecular weight is 275 g/mol. The Morgan fingerprint density at radius 3 is 3.00 bits per heavy atom. The van der Waals surface area contributed by atoms with E-state index in [9.17, 15) is 10.1 Å². The van der Waals surface area contributed by atoms with Crippen LogP contribution in [0.15, 0.2) is 30.6 Å². The van der Waals surface area contributed by atoms with Crippen LogP contribution in [-0.2, 0) is 13.1 Å². The lowest BCUT2D eigenvalue weighted by molar-refractivity contribution is -0.384. The SMILES string of the molecule is CCn1cnnc1CNC(C)c1cccc([N+](=O)[O-])c1. The van der Waals surface area contributed by atoms with Gasteiger partial charge in [-0.3, -0.25) is 10.1 Å². The Morgan fingerprint density at radius 2 is 2.30 bits per heavy atom. The van der Waals surface area contributed by atoms with E-state index < -0.39 is 0 Å². The Kier molecular flexibility index (Phi) is 4.41. The fraction of sp³-hybridized carbons (Fsp3) is 0.385. The largest absolute Gasteiger partial charge is 0.317 e. The summed E-state index contributed by atoms with van der Waals surface area (Å²) in [4.78, 5) is 10.4. The average Bonchev–Trinajstić information content (AvgIpc) is 2.92. The number of nitrogens with zero attached hydrogens (tertiary/aromatic N) is 4. The smallest absolute Gasteiger partial charge is 0.269 e. The fourth-order valence-electron chi connectivity index (χ4n) is 1.95. The molecule has 7 heteroatoms. The molecule has 106 valence electrons. The van der Waals surface area contributed by atoms with Gasteiger partial charge in [-0.25, -0.2) is 0 Å². The van der Waals surface area contributed by atoms with Gasteiger partial charge in [-0.1, -0.05) is 12.1 Å². The van der Waals surface area contributed by atoms with Crippen LogP contribution in [-0.4, -0.2) is 19.7 Å². The van der Waals surface area contributed by atoms with Crippen LogP contribution >= 0.6 is 0 Å². The molecular weight excluding hydrogens is 258 g/mol. The van der Waals surface area contributed by atoms with Crippen molar-refractivity contribution >= 4 is 5.69 Å². The first-order chi connectivity index (χ1) is 9.61. The van der Waals surface area contributed by atoms with Crippen LogP contribution in [0.3, 0.4) is 0 Å². The predicted molar refractivity (Wildman–Crippen MR) is 74.0 cm³/mol. The van der Waals surface area contributed by atoms with E-state index in [1.54, 1.807) is 18.5 Å². The first-order valence-corrected chi connectivity index (χ1v) is 6.46. The minimum atomic E-state index is -0.385. The van der Waals surface area contributed by atoms with Crippen LogP contribution in [0.1, 0.15) is 31.3 Å². The summed E-state index contributed by atoms with van der Waals surface area (Å²) in [6, 6.07) is 6.64. The third-order valence-corrected chi connectivity index (χ3v) is 3.18. The number of hydrogen-bond acceptors (Lipinski definition) is 5. The Balaban J connectivity index is 2.03. The molecule has 1 atom stereocenters. The summed E-state index contributed by atoms with van der Waals surface area (Å²) in [6.07, 6.45) is 1.69. The van der Waals surface area contributed by atoms with Gasteiger partial charge in [0, 0.05) is 24.7 Å². The molecule has 1 heterocycles. The van der Waals surface area contributed by atoms with Crippen LogP contribution in [0, 0.1) is 10.1 Å². The maximum Gasteiger partial charge on any atom is 0.269 e. The molecule has 0 radical (unpaired) electrons. The molecule has 7 nitrogen and oxygen atoms in total. The lowest BCUT2D eigenvalue weighted by Gasteiger charge is -2.14. The van der Waals surface area contributed by atoms with Crippen molar-refractivity contribution in [1.82, 2.24) is 20.1 Å². The molecule has 1 N–H and O–H groups in total. The highest BCUT2D eigenvalue weighted by molar-refractivity contribution is 5.35. The van der Waals surface area contributed by atoms with Crippen molar-refractivity contribution in [2.45, 2.75) is 33.0 Å². The minimum absolute atomic E-state index is 0.00286. The van der Waals surface area contributed by atoms with E-state index in [0.29, 0.717) is 6.54 Å². The Labute approximate surface area is 116 Å². The molecule has 1 unspecified atom stereocenters. The second-order valence-electron chi connectivity index (χ2n) is 4.49. The van der Waals surface area contributed by atoms with Crippen molar-refractivity contribution in [3.05, 3.63) is 52.1 Å². The molecule has 0 aliphatic carbocycles. The van der Waals surface area contributed by atoms with Crippen molar-refractivity contribution < 1.29 is 4.92 Å². The van der Waals surface area contributed by atoms with Crippen molar-refractivity contribution in [2.75, 3.05) is 0 Å². The zero-order valence-electron chi connectivity index (χ0n) is 11.5. The quantitative estimate of drug-likeness (QED) is 0.644. The lowest BCUT2D eigenvalue weighted by atomic mass is 10.1. The Morgan fingerprint density at radius 1 is 1.50 bits per heavy atom. The van der Waals surface area contributed by atoms with Crippen LogP contribution in [0.25, 0.3) is 0 Å². The second kappa shape index (κ2) is 6.25. The molecule has 0 fully saturated rings. The van der Waals surface area contributed by atoms with Gasteiger partial charge in [0.05, 0.1) is 11.5 Å². The number of non-ortho nitro benzene ring substituents is 1. The molecule has 1 aromatic heterocycles. The van der Waals surface area contributed by atoms with E-state index in [-0.39, 0.29) is 16.7 Å². The molecule has 0 amide bonds. The van der Waals surface area contributed by atoms with Gasteiger partial charge in [-0.05, 0) is 19.4 Å². The van der Waals surface area contributed by atoms with Crippen LogP contribution in [0.2, 0.25) is 0 Å². The molecule has 0 saturated carbocycles. The highest BCUT2D eigenvalue weighted by atomic mass is 16.6. The maximum atomic E-state index is 10.8. The Bertz CT molecular complexity index is 596. The monoisotopic (exact) mass is 275 g/mol. The summed E-state index contributed by atoms with van der Waals surface area (Å²) in [5.74, 6) is 0.852. The molecule has 0 bridgehead atoms. The molecule has 1 aromatic carbocycles. The third-order valence-electron chi connectivity index (χ3n) is 3.18. The van der Waals surface area contributed by atoms with Crippen molar-refractivity contribution in [3.63, 3.8) is 0 Å². The van der Waals surface area contributed by atoms with E-state index in [4.69, 9.17) is 0 Å². The van der Waals surface area contributed by atoms with E-state index in [0.717, 1.165) is 17.9 Å². The summed E-state index contributed by atoms with van der Waals surface area (Å²) in [6.45, 7) is 5.37. The summed E-state index contributed by atoms with van der Waals surface area (Å²) >= 11 is 0. The summed E-state index contributed by atoms with van der Waals surface area (Å²) in [7, 11) is 0. The van der Waals surface area contributed by atoms with Gasteiger partial charge in [0.2, 0.25) is 0 Å². The maximum absolute atomic E-state index is 10.8. The molecule has 2 aromatic rings. The van der Waals surface area contributed by atoms with Gasteiger partial charge < -0.3 is 9.88 Å². The normalized spacial score (nSPS) is 12.3. The van der Waals surface area contributed by atoms with Crippen molar-refractivity contribution in [3.8, 4) is 0 Å². The summed E-state index contributed by atoms with van der Waals surface area (Å²) in [5.41, 5.74) is 0.981. The van der Waals surface area contributed by atoms with E-state index in [1.807, 2.05) is 24.5 Å². The van der Waals surface area contributed by atoms with Gasteiger partial charge in [-0.15, -0.1) is 10.2 Å². The van der Waals surface area contributed by atoms with Crippen molar-refractivity contribution in [1.29, 1.82) is 0 Å². The first-order valence-electron chi connectivity index (χ1n) is 6.46. The minimum Gasteiger partial charge on any atom is -0.317 e. The summed E-state index contributed by atoms with van der Waals surface area (Å²) < 4.78 is 1.95. The number of nitro benzene ring substituents is 1. The number of aromatic nitrogens is 3. The second-order valence-corrected chi connectivity index (χ2v) is 4.49.